The van der Waals surface area contributed by atoms with Gasteiger partial charge in [0, 0.05) is 42.4 Å². The molecule has 2 heterocycles. The van der Waals surface area contributed by atoms with Crippen molar-refractivity contribution in [3.05, 3.63) is 40.9 Å². The van der Waals surface area contributed by atoms with E-state index in [4.69, 9.17) is 4.74 Å². The zero-order valence-corrected chi connectivity index (χ0v) is 13.7. The molecule has 1 aliphatic heterocycles. The Bertz CT molecular complexity index is 645. The first-order chi connectivity index (χ1) is 10.6. The molecule has 3 rings (SSSR count). The number of rotatable bonds is 4. The van der Waals surface area contributed by atoms with Crippen LogP contribution in [0.5, 0.6) is 0 Å². The van der Waals surface area contributed by atoms with Gasteiger partial charge in [-0.3, -0.25) is 4.79 Å². The zero-order valence-electron chi connectivity index (χ0n) is 12.9. The van der Waals surface area contributed by atoms with E-state index >= 15 is 0 Å². The molecule has 1 saturated heterocycles. The highest BCUT2D eigenvalue weighted by Gasteiger charge is 2.20. The van der Waals surface area contributed by atoms with Crippen LogP contribution >= 0.6 is 11.3 Å². The highest BCUT2D eigenvalue weighted by atomic mass is 32.1. The largest absolute Gasteiger partial charge is 0.376 e. The fourth-order valence-electron chi connectivity index (χ4n) is 2.64. The summed E-state index contributed by atoms with van der Waals surface area (Å²) in [5.74, 6) is 0.0392. The molecule has 1 aromatic carbocycles. The Morgan fingerprint density at radius 3 is 2.77 bits per heavy atom. The van der Waals surface area contributed by atoms with Gasteiger partial charge in [0.05, 0.1) is 6.10 Å². The number of thiazole rings is 1. The maximum atomic E-state index is 12.4. The summed E-state index contributed by atoms with van der Waals surface area (Å²) in [6.07, 6.45) is 2.32. The van der Waals surface area contributed by atoms with Gasteiger partial charge in [0.25, 0.3) is 5.91 Å². The van der Waals surface area contributed by atoms with E-state index in [0.717, 1.165) is 35.7 Å². The molecule has 0 spiro atoms. The van der Waals surface area contributed by atoms with Gasteiger partial charge in [-0.15, -0.1) is 11.3 Å². The first-order valence-electron chi connectivity index (χ1n) is 7.53. The van der Waals surface area contributed by atoms with E-state index in [1.165, 1.54) is 0 Å². The number of carbonyl (C=O) groups is 1. The van der Waals surface area contributed by atoms with E-state index in [0.29, 0.717) is 12.1 Å². The molecule has 1 fully saturated rings. The number of aromatic nitrogens is 1. The molecule has 0 aliphatic carbocycles. The summed E-state index contributed by atoms with van der Waals surface area (Å²) in [7, 11) is 1.84. The average molecular weight is 316 g/mol. The quantitative estimate of drug-likeness (QED) is 0.868. The smallest absolute Gasteiger partial charge is 0.253 e. The normalized spacial score (nSPS) is 17.6. The summed E-state index contributed by atoms with van der Waals surface area (Å²) in [5.41, 5.74) is 2.78. The van der Waals surface area contributed by atoms with Gasteiger partial charge < -0.3 is 9.64 Å². The van der Waals surface area contributed by atoms with Crippen molar-refractivity contribution in [3.63, 3.8) is 0 Å². The van der Waals surface area contributed by atoms with Crippen LogP contribution in [0.3, 0.4) is 0 Å². The Labute approximate surface area is 134 Å². The minimum absolute atomic E-state index is 0.0392. The maximum absolute atomic E-state index is 12.4. The predicted octanol–water partition coefficient (Wildman–Crippen LogP) is 3.37. The summed E-state index contributed by atoms with van der Waals surface area (Å²) in [4.78, 5) is 18.7. The van der Waals surface area contributed by atoms with Gasteiger partial charge in [0.15, 0.2) is 0 Å². The van der Waals surface area contributed by atoms with Crippen LogP contribution in [0.15, 0.2) is 29.6 Å². The third kappa shape index (κ3) is 3.36. The monoisotopic (exact) mass is 316 g/mol. The van der Waals surface area contributed by atoms with E-state index in [-0.39, 0.29) is 12.0 Å². The lowest BCUT2D eigenvalue weighted by Crippen LogP contribution is -2.34. The van der Waals surface area contributed by atoms with E-state index < -0.39 is 0 Å². The molecule has 116 valence electrons. The van der Waals surface area contributed by atoms with Gasteiger partial charge in [0.1, 0.15) is 5.01 Å². The van der Waals surface area contributed by atoms with Crippen LogP contribution in [0.25, 0.3) is 10.6 Å². The molecule has 2 aromatic rings. The fourth-order valence-corrected chi connectivity index (χ4v) is 3.44. The first-order valence-corrected chi connectivity index (χ1v) is 8.41. The van der Waals surface area contributed by atoms with Crippen molar-refractivity contribution in [2.75, 3.05) is 20.2 Å². The van der Waals surface area contributed by atoms with Crippen LogP contribution in [-0.2, 0) is 4.74 Å². The van der Waals surface area contributed by atoms with Crippen LogP contribution in [0.4, 0.5) is 0 Å². The number of amides is 1. The topological polar surface area (TPSA) is 42.4 Å². The second-order valence-electron chi connectivity index (χ2n) is 5.69. The second-order valence-corrected chi connectivity index (χ2v) is 6.55. The number of ether oxygens (including phenoxy) is 1. The van der Waals surface area contributed by atoms with E-state index in [1.807, 2.05) is 43.6 Å². The molecule has 22 heavy (non-hydrogen) atoms. The van der Waals surface area contributed by atoms with Crippen molar-refractivity contribution in [1.82, 2.24) is 9.88 Å². The Morgan fingerprint density at radius 1 is 1.41 bits per heavy atom. The summed E-state index contributed by atoms with van der Waals surface area (Å²) < 4.78 is 5.59. The predicted molar refractivity (Wildman–Crippen MR) is 88.2 cm³/mol. The standard InChI is InChI=1S/C17H20N2O2S/c1-12-11-22-16(18-12)13-5-7-14(8-6-13)17(20)19(2)10-15-4-3-9-21-15/h5-8,11,15H,3-4,9-10H2,1-2H3. The van der Waals surface area contributed by atoms with Crippen molar-refractivity contribution in [1.29, 1.82) is 0 Å². The molecule has 0 radical (unpaired) electrons. The minimum Gasteiger partial charge on any atom is -0.376 e. The SMILES string of the molecule is Cc1csc(-c2ccc(C(=O)N(C)CC3CCCO3)cc2)n1. The van der Waals surface area contributed by atoms with Gasteiger partial charge in [-0.2, -0.15) is 0 Å². The summed E-state index contributed by atoms with van der Waals surface area (Å²) in [6.45, 7) is 3.46. The molecule has 0 bridgehead atoms. The number of hydrogen-bond acceptors (Lipinski definition) is 4. The van der Waals surface area contributed by atoms with Crippen molar-refractivity contribution < 1.29 is 9.53 Å². The molecule has 4 nitrogen and oxygen atoms in total. The lowest BCUT2D eigenvalue weighted by Gasteiger charge is -2.20. The molecular formula is C17H20N2O2S. The van der Waals surface area contributed by atoms with E-state index in [2.05, 4.69) is 4.98 Å². The lowest BCUT2D eigenvalue weighted by atomic mass is 10.1. The number of carbonyl (C=O) groups excluding carboxylic acids is 1. The lowest BCUT2D eigenvalue weighted by molar-refractivity contribution is 0.0587. The number of nitrogens with zero attached hydrogens (tertiary/aromatic N) is 2. The maximum Gasteiger partial charge on any atom is 0.253 e. The van der Waals surface area contributed by atoms with Crippen molar-refractivity contribution in [3.8, 4) is 10.6 Å². The number of likely N-dealkylation sites (N-methyl/N-ethyl adjacent to an activating group) is 1. The summed E-state index contributed by atoms with van der Waals surface area (Å²) >= 11 is 1.62. The van der Waals surface area contributed by atoms with Gasteiger partial charge in [-0.05, 0) is 31.9 Å². The van der Waals surface area contributed by atoms with Gasteiger partial charge >= 0.3 is 0 Å². The van der Waals surface area contributed by atoms with E-state index in [9.17, 15) is 4.79 Å². The molecule has 1 aliphatic rings. The third-order valence-electron chi connectivity index (χ3n) is 3.85. The average Bonchev–Trinajstić information content (AvgIpc) is 3.18. The molecular weight excluding hydrogens is 296 g/mol. The molecule has 1 atom stereocenters. The molecule has 0 N–H and O–H groups in total. The highest BCUT2D eigenvalue weighted by Crippen LogP contribution is 2.24. The number of aryl methyl sites for hydroxylation is 1. The number of hydrogen-bond donors (Lipinski definition) is 0. The number of benzene rings is 1. The van der Waals surface area contributed by atoms with E-state index in [1.54, 1.807) is 16.2 Å². The van der Waals surface area contributed by atoms with Crippen LogP contribution in [0.2, 0.25) is 0 Å². The van der Waals surface area contributed by atoms with Crippen molar-refractivity contribution in [2.24, 2.45) is 0 Å². The fraction of sp³-hybridized carbons (Fsp3) is 0.412. The molecule has 5 heteroatoms. The Kier molecular flexibility index (Phi) is 4.55. The second kappa shape index (κ2) is 6.58. The van der Waals surface area contributed by atoms with Gasteiger partial charge in [-0.1, -0.05) is 12.1 Å². The third-order valence-corrected chi connectivity index (χ3v) is 4.86. The Morgan fingerprint density at radius 2 is 2.18 bits per heavy atom. The minimum atomic E-state index is 0.0392. The summed E-state index contributed by atoms with van der Waals surface area (Å²) in [5, 5.41) is 3.02. The van der Waals surface area contributed by atoms with Crippen LogP contribution < -0.4 is 0 Å². The molecule has 1 unspecified atom stereocenters. The van der Waals surface area contributed by atoms with Crippen LogP contribution in [-0.4, -0.2) is 42.1 Å². The first kappa shape index (κ1) is 15.2. The van der Waals surface area contributed by atoms with Crippen molar-refractivity contribution >= 4 is 17.2 Å². The van der Waals surface area contributed by atoms with Crippen LogP contribution in [0.1, 0.15) is 28.9 Å². The van der Waals surface area contributed by atoms with Crippen LogP contribution in [0, 0.1) is 6.92 Å². The Balaban J connectivity index is 1.67. The van der Waals surface area contributed by atoms with Gasteiger partial charge in [0.2, 0.25) is 0 Å². The van der Waals surface area contributed by atoms with Gasteiger partial charge in [-0.25, -0.2) is 4.98 Å². The molecule has 1 amide bonds. The molecule has 1 aromatic heterocycles. The Hall–Kier alpha value is -1.72. The highest BCUT2D eigenvalue weighted by molar-refractivity contribution is 7.13. The summed E-state index contributed by atoms with van der Waals surface area (Å²) in [6, 6.07) is 7.68. The molecule has 0 saturated carbocycles. The van der Waals surface area contributed by atoms with Crippen molar-refractivity contribution in [2.45, 2.75) is 25.9 Å². The zero-order chi connectivity index (χ0) is 15.5.